The first-order valence-corrected chi connectivity index (χ1v) is 9.82. The van der Waals surface area contributed by atoms with Crippen LogP contribution in [-0.2, 0) is 10.2 Å². The van der Waals surface area contributed by atoms with Gasteiger partial charge in [0.15, 0.2) is 0 Å². The maximum absolute atomic E-state index is 13.2. The van der Waals surface area contributed by atoms with Crippen LogP contribution in [0.5, 0.6) is 11.5 Å². The molecule has 0 radical (unpaired) electrons. The van der Waals surface area contributed by atoms with Crippen molar-refractivity contribution in [1.29, 1.82) is 0 Å². The summed E-state index contributed by atoms with van der Waals surface area (Å²) in [5.41, 5.74) is 1.65. The lowest BCUT2D eigenvalue weighted by Crippen LogP contribution is -2.25. The zero-order valence-electron chi connectivity index (χ0n) is 15.5. The van der Waals surface area contributed by atoms with E-state index < -0.39 is 5.92 Å². The van der Waals surface area contributed by atoms with Gasteiger partial charge in [0.1, 0.15) is 16.5 Å². The van der Waals surface area contributed by atoms with Gasteiger partial charge in [-0.1, -0.05) is 68.5 Å². The minimum atomic E-state index is -0.447. The van der Waals surface area contributed by atoms with E-state index in [2.05, 4.69) is 36.3 Å². The smallest absolute Gasteiger partial charge is 0.238 e. The van der Waals surface area contributed by atoms with Gasteiger partial charge in [0, 0.05) is 16.5 Å². The Morgan fingerprint density at radius 3 is 2.26 bits per heavy atom. The van der Waals surface area contributed by atoms with Crippen LogP contribution in [0.1, 0.15) is 49.2 Å². The maximum Gasteiger partial charge on any atom is 0.238 e. The third kappa shape index (κ3) is 3.21. The third-order valence-electron chi connectivity index (χ3n) is 5.06. The number of aromatic nitrogens is 2. The number of nitrogens with one attached hydrogen (secondary N) is 1. The van der Waals surface area contributed by atoms with Gasteiger partial charge in [0.2, 0.25) is 11.0 Å². The van der Waals surface area contributed by atoms with E-state index in [-0.39, 0.29) is 11.3 Å². The number of amides is 1. The van der Waals surface area contributed by atoms with Crippen LogP contribution in [0.2, 0.25) is 0 Å². The summed E-state index contributed by atoms with van der Waals surface area (Å²) >= 11 is 1.43. The zero-order valence-corrected chi connectivity index (χ0v) is 16.3. The Hall–Kier alpha value is -2.73. The summed E-state index contributed by atoms with van der Waals surface area (Å²) in [4.78, 5) is 13.2. The average molecular weight is 379 g/mol. The standard InChI is InChI=1S/C21H21N3O2S/c1-4-21(2,3)19-23-24-20(27-19)22-18(25)17-13-9-5-7-11-15(13)26-16-12-8-6-10-14(16)17/h5-12,17H,4H2,1-3H3,(H,22,24,25). The predicted octanol–water partition coefficient (Wildman–Crippen LogP) is 5.10. The highest BCUT2D eigenvalue weighted by molar-refractivity contribution is 7.15. The summed E-state index contributed by atoms with van der Waals surface area (Å²) in [5, 5.41) is 12.9. The highest BCUT2D eigenvalue weighted by atomic mass is 32.1. The van der Waals surface area contributed by atoms with E-state index in [0.29, 0.717) is 16.6 Å². The summed E-state index contributed by atoms with van der Waals surface area (Å²) < 4.78 is 5.97. The van der Waals surface area contributed by atoms with Gasteiger partial charge in [-0.2, -0.15) is 0 Å². The van der Waals surface area contributed by atoms with E-state index in [1.165, 1.54) is 11.3 Å². The fourth-order valence-electron chi connectivity index (χ4n) is 3.07. The van der Waals surface area contributed by atoms with Gasteiger partial charge in [-0.15, -0.1) is 10.2 Å². The Morgan fingerprint density at radius 2 is 1.67 bits per heavy atom. The van der Waals surface area contributed by atoms with Crippen molar-refractivity contribution in [3.05, 3.63) is 64.7 Å². The number of nitrogens with zero attached hydrogens (tertiary/aromatic N) is 2. The summed E-state index contributed by atoms with van der Waals surface area (Å²) in [5.74, 6) is 0.843. The topological polar surface area (TPSA) is 64.1 Å². The first-order valence-electron chi connectivity index (χ1n) is 9.00. The molecule has 2 aromatic carbocycles. The van der Waals surface area contributed by atoms with Gasteiger partial charge in [0.25, 0.3) is 0 Å². The van der Waals surface area contributed by atoms with Gasteiger partial charge in [-0.25, -0.2) is 0 Å². The maximum atomic E-state index is 13.2. The number of hydrogen-bond donors (Lipinski definition) is 1. The second-order valence-corrected chi connectivity index (χ2v) is 8.23. The number of carbonyl (C=O) groups is 1. The van der Waals surface area contributed by atoms with E-state index in [1.807, 2.05) is 48.5 Å². The van der Waals surface area contributed by atoms with Crippen molar-refractivity contribution in [2.24, 2.45) is 0 Å². The average Bonchev–Trinajstić information content (AvgIpc) is 3.15. The third-order valence-corrected chi connectivity index (χ3v) is 6.26. The number of anilines is 1. The molecule has 138 valence electrons. The minimum Gasteiger partial charge on any atom is -0.457 e. The highest BCUT2D eigenvalue weighted by Gasteiger charge is 2.33. The molecule has 1 aromatic heterocycles. The van der Waals surface area contributed by atoms with Crippen LogP contribution in [0.15, 0.2) is 48.5 Å². The van der Waals surface area contributed by atoms with Crippen LogP contribution in [0.4, 0.5) is 5.13 Å². The fourth-order valence-corrected chi connectivity index (χ4v) is 3.99. The Bertz CT molecular complexity index is 951. The molecule has 1 amide bonds. The molecular formula is C21H21N3O2S. The molecule has 0 atom stereocenters. The number of rotatable bonds is 4. The van der Waals surface area contributed by atoms with Gasteiger partial charge in [-0.05, 0) is 18.6 Å². The van der Waals surface area contributed by atoms with Crippen LogP contribution in [0, 0.1) is 0 Å². The van der Waals surface area contributed by atoms with Crippen LogP contribution >= 0.6 is 11.3 Å². The quantitative estimate of drug-likeness (QED) is 0.685. The lowest BCUT2D eigenvalue weighted by molar-refractivity contribution is -0.116. The molecule has 5 nitrogen and oxygen atoms in total. The van der Waals surface area contributed by atoms with Gasteiger partial charge >= 0.3 is 0 Å². The molecule has 4 rings (SSSR count). The van der Waals surface area contributed by atoms with Crippen LogP contribution in [0.3, 0.4) is 0 Å². The minimum absolute atomic E-state index is 0.0570. The molecule has 1 aliphatic heterocycles. The van der Waals surface area contributed by atoms with Gasteiger partial charge < -0.3 is 4.74 Å². The number of ether oxygens (including phenoxy) is 1. The molecule has 6 heteroatoms. The number of para-hydroxylation sites is 2. The van der Waals surface area contributed by atoms with Gasteiger partial charge in [0.05, 0.1) is 5.92 Å². The van der Waals surface area contributed by atoms with Crippen LogP contribution in [0.25, 0.3) is 0 Å². The number of hydrogen-bond acceptors (Lipinski definition) is 5. The molecular weight excluding hydrogens is 358 g/mol. The normalized spacial score (nSPS) is 13.4. The molecule has 0 fully saturated rings. The van der Waals surface area contributed by atoms with E-state index in [0.717, 1.165) is 22.6 Å². The summed E-state index contributed by atoms with van der Waals surface area (Å²) in [6.45, 7) is 6.38. The summed E-state index contributed by atoms with van der Waals surface area (Å²) in [6.07, 6.45) is 0.955. The van der Waals surface area contributed by atoms with E-state index in [1.54, 1.807) is 0 Å². The predicted molar refractivity (Wildman–Crippen MR) is 107 cm³/mol. The van der Waals surface area contributed by atoms with E-state index >= 15 is 0 Å². The van der Waals surface area contributed by atoms with Crippen molar-refractivity contribution in [2.45, 2.75) is 38.5 Å². The monoisotopic (exact) mass is 379 g/mol. The first-order chi connectivity index (χ1) is 13.0. The summed E-state index contributed by atoms with van der Waals surface area (Å²) in [7, 11) is 0. The number of fused-ring (bicyclic) bond motifs is 2. The highest BCUT2D eigenvalue weighted by Crippen LogP contribution is 2.44. The second-order valence-electron chi connectivity index (χ2n) is 7.25. The van der Waals surface area contributed by atoms with Crippen molar-refractivity contribution in [2.75, 3.05) is 5.32 Å². The molecule has 2 heterocycles. The molecule has 0 saturated heterocycles. The van der Waals surface area contributed by atoms with E-state index in [9.17, 15) is 4.79 Å². The second kappa shape index (κ2) is 6.78. The Kier molecular flexibility index (Phi) is 4.44. The first kappa shape index (κ1) is 17.7. The number of carbonyl (C=O) groups excluding carboxylic acids is 1. The van der Waals surface area contributed by atoms with Crippen molar-refractivity contribution in [3.8, 4) is 11.5 Å². The van der Waals surface area contributed by atoms with Crippen molar-refractivity contribution in [3.63, 3.8) is 0 Å². The SMILES string of the molecule is CCC(C)(C)c1nnc(NC(=O)C2c3ccccc3Oc3ccccc32)s1. The molecule has 0 spiro atoms. The zero-order chi connectivity index (χ0) is 19.0. The molecule has 1 N–H and O–H groups in total. The lowest BCUT2D eigenvalue weighted by atomic mass is 9.87. The Labute approximate surface area is 162 Å². The molecule has 0 saturated carbocycles. The molecule has 0 bridgehead atoms. The molecule has 1 aliphatic rings. The van der Waals surface area contributed by atoms with Crippen molar-refractivity contribution < 1.29 is 9.53 Å². The van der Waals surface area contributed by atoms with Gasteiger partial charge in [-0.3, -0.25) is 10.1 Å². The van der Waals surface area contributed by atoms with Crippen LogP contribution in [-0.4, -0.2) is 16.1 Å². The number of benzene rings is 2. The van der Waals surface area contributed by atoms with Crippen molar-refractivity contribution >= 4 is 22.4 Å². The molecule has 27 heavy (non-hydrogen) atoms. The summed E-state index contributed by atoms with van der Waals surface area (Å²) in [6, 6.07) is 15.3. The van der Waals surface area contributed by atoms with Crippen molar-refractivity contribution in [1.82, 2.24) is 10.2 Å². The molecule has 0 aliphatic carbocycles. The molecule has 0 unspecified atom stereocenters. The molecule has 3 aromatic rings. The Balaban J connectivity index is 1.67. The van der Waals surface area contributed by atoms with E-state index in [4.69, 9.17) is 4.74 Å². The largest absolute Gasteiger partial charge is 0.457 e. The van der Waals surface area contributed by atoms with Crippen LogP contribution < -0.4 is 10.1 Å². The fraction of sp³-hybridized carbons (Fsp3) is 0.286. The lowest BCUT2D eigenvalue weighted by Gasteiger charge is -2.27. The Morgan fingerprint density at radius 1 is 1.07 bits per heavy atom.